The van der Waals surface area contributed by atoms with Crippen molar-refractivity contribution >= 4 is 40.3 Å². The summed E-state index contributed by atoms with van der Waals surface area (Å²) in [5.74, 6) is -0.464. The molecule has 3 aromatic rings. The maximum atomic E-state index is 14.1. The van der Waals surface area contributed by atoms with E-state index in [1.165, 1.54) is 25.2 Å². The molecule has 68 heavy (non-hydrogen) atoms. The van der Waals surface area contributed by atoms with Crippen LogP contribution in [0.25, 0.3) is 10.9 Å². The van der Waals surface area contributed by atoms with Gasteiger partial charge in [-0.2, -0.15) is 13.2 Å². The molecule has 6 atom stereocenters. The first-order chi connectivity index (χ1) is 32.6. The Kier molecular flexibility index (Phi) is 15.5. The number of carbonyl (C=O) groups is 4. The number of halogens is 3. The standard InChI is InChI=1S/C50H70F3N11O4/c1-33(2)60(3)36-11-13-42(64-23-14-40(48(64)68)59-46-37-28-35(50(51,52)53)10-12-39(37)56-32-57-46)41(29-36)58-43(65)9-6-21-62-24-15-49(16-25-62)17-26-63(27-18-49)22-7-20-55-47(67)38-30-44(66)61(4)45(38)34-8-5-19-54-31-34/h5,8,10,12,19,28,31-33,36,38,40-42,45H,6-7,9,11,13-18,20-27,29-30H2,1-4H3,(H,55,67)(H,58,65)(H,56,57,59)/t36-,38+,40+,41-,42+,45-/m1/s1. The second-order valence-electron chi connectivity index (χ2n) is 20.4. The van der Waals surface area contributed by atoms with Crippen molar-refractivity contribution in [2.24, 2.45) is 11.3 Å². The van der Waals surface area contributed by atoms with Gasteiger partial charge >= 0.3 is 6.18 Å². The predicted octanol–water partition coefficient (Wildman–Crippen LogP) is 5.49. The molecule has 0 bridgehead atoms. The van der Waals surface area contributed by atoms with Crippen molar-refractivity contribution < 1.29 is 32.3 Å². The third-order valence-electron chi connectivity index (χ3n) is 16.0. The number of likely N-dealkylation sites (tertiary alicyclic amines) is 4. The maximum absolute atomic E-state index is 14.1. The number of nitrogens with one attached hydrogen (secondary N) is 3. The van der Waals surface area contributed by atoms with Gasteiger partial charge in [-0.25, -0.2) is 9.97 Å². The Morgan fingerprint density at radius 1 is 0.941 bits per heavy atom. The molecule has 3 N–H and O–H groups in total. The predicted molar refractivity (Wildman–Crippen MR) is 253 cm³/mol. The van der Waals surface area contributed by atoms with Crippen molar-refractivity contribution in [3.05, 3.63) is 60.2 Å². The quantitative estimate of drug-likeness (QED) is 0.156. The Morgan fingerprint density at radius 2 is 1.66 bits per heavy atom. The van der Waals surface area contributed by atoms with Crippen molar-refractivity contribution in [2.75, 3.05) is 71.8 Å². The number of hydrogen-bond donors (Lipinski definition) is 3. The number of fused-ring (bicyclic) bond motifs is 1. The lowest BCUT2D eigenvalue weighted by Gasteiger charge is -2.47. The molecule has 4 saturated heterocycles. The van der Waals surface area contributed by atoms with Gasteiger partial charge in [-0.1, -0.05) is 6.07 Å². The smallest absolute Gasteiger partial charge is 0.358 e. The summed E-state index contributed by atoms with van der Waals surface area (Å²) in [6.07, 6.45) is 9.90. The van der Waals surface area contributed by atoms with E-state index in [9.17, 15) is 32.3 Å². The highest BCUT2D eigenvalue weighted by Gasteiger charge is 2.45. The molecule has 8 rings (SSSR count). The zero-order chi connectivity index (χ0) is 48.2. The molecule has 6 heterocycles. The van der Waals surface area contributed by atoms with E-state index in [0.717, 1.165) is 102 Å². The number of amides is 4. The number of rotatable bonds is 16. The molecule has 5 aliphatic rings. The SMILES string of the molecule is CC(C)N(C)[C@@H]1CC[C@H](N2CC[C@H](Nc3ncnc4ccc(C(F)(F)F)cc34)C2=O)[C@H](NC(=O)CCCN2CCC3(CCN(CCCNC(=O)[C@H]4CC(=O)N(C)[C@@H]4c4cccnc4)CC3)CC2)C1. The largest absolute Gasteiger partial charge is 0.416 e. The molecule has 370 valence electrons. The Bertz CT molecular complexity index is 2230. The van der Waals surface area contributed by atoms with E-state index in [4.69, 9.17) is 0 Å². The fraction of sp³-hybridized carbons (Fsp3) is 0.660. The molecule has 2 aromatic heterocycles. The molecule has 1 spiro atoms. The summed E-state index contributed by atoms with van der Waals surface area (Å²) < 4.78 is 40.8. The molecular weight excluding hydrogens is 876 g/mol. The average molecular weight is 946 g/mol. The second kappa shape index (κ2) is 21.4. The second-order valence-corrected chi connectivity index (χ2v) is 20.4. The fourth-order valence-corrected chi connectivity index (χ4v) is 11.6. The van der Waals surface area contributed by atoms with Crippen LogP contribution in [0.2, 0.25) is 0 Å². The summed E-state index contributed by atoms with van der Waals surface area (Å²) in [4.78, 5) is 77.0. The van der Waals surface area contributed by atoms with Crippen LogP contribution in [0.3, 0.4) is 0 Å². The third-order valence-corrected chi connectivity index (χ3v) is 16.0. The molecule has 5 fully saturated rings. The Balaban J connectivity index is 0.764. The Labute approximate surface area is 398 Å². The summed E-state index contributed by atoms with van der Waals surface area (Å²) in [5, 5.41) is 9.84. The first kappa shape index (κ1) is 49.5. The van der Waals surface area contributed by atoms with Crippen LogP contribution in [0.1, 0.15) is 108 Å². The zero-order valence-electron chi connectivity index (χ0n) is 40.1. The highest BCUT2D eigenvalue weighted by molar-refractivity contribution is 5.93. The normalized spacial score (nSPS) is 26.1. The van der Waals surface area contributed by atoms with Crippen LogP contribution in [0.5, 0.6) is 0 Å². The fourth-order valence-electron chi connectivity index (χ4n) is 11.6. The summed E-state index contributed by atoms with van der Waals surface area (Å²) in [7, 11) is 3.87. The van der Waals surface area contributed by atoms with Gasteiger partial charge in [-0.05, 0) is 160 Å². The van der Waals surface area contributed by atoms with Gasteiger partial charge in [0.15, 0.2) is 0 Å². The molecular formula is C50H70F3N11O4. The third kappa shape index (κ3) is 11.4. The molecule has 1 aliphatic carbocycles. The number of aromatic nitrogens is 3. The summed E-state index contributed by atoms with van der Waals surface area (Å²) in [6, 6.07) is 6.30. The lowest BCUT2D eigenvalue weighted by Crippen LogP contribution is -2.58. The number of alkyl halides is 3. The molecule has 18 heteroatoms. The number of anilines is 1. The molecule has 4 amide bonds. The van der Waals surface area contributed by atoms with E-state index < -0.39 is 23.7 Å². The van der Waals surface area contributed by atoms with Crippen LogP contribution >= 0.6 is 0 Å². The molecule has 0 unspecified atom stereocenters. The lowest BCUT2D eigenvalue weighted by molar-refractivity contribution is -0.137. The summed E-state index contributed by atoms with van der Waals surface area (Å²) in [6.45, 7) is 11.3. The zero-order valence-corrected chi connectivity index (χ0v) is 40.1. The van der Waals surface area contributed by atoms with Gasteiger partial charge in [-0.15, -0.1) is 0 Å². The Morgan fingerprint density at radius 3 is 2.34 bits per heavy atom. The van der Waals surface area contributed by atoms with Crippen molar-refractivity contribution in [1.29, 1.82) is 0 Å². The maximum Gasteiger partial charge on any atom is 0.416 e. The first-order valence-electron chi connectivity index (χ1n) is 24.9. The minimum Gasteiger partial charge on any atom is -0.358 e. The van der Waals surface area contributed by atoms with Crippen molar-refractivity contribution in [2.45, 2.75) is 133 Å². The molecule has 15 nitrogen and oxygen atoms in total. The molecule has 4 aliphatic heterocycles. The number of pyridine rings is 1. The van der Waals surface area contributed by atoms with Crippen molar-refractivity contribution in [1.82, 2.24) is 50.1 Å². The minimum absolute atomic E-state index is 0.00214. The van der Waals surface area contributed by atoms with E-state index in [2.05, 4.69) is 66.5 Å². The van der Waals surface area contributed by atoms with Crippen LogP contribution < -0.4 is 16.0 Å². The molecule has 1 aromatic carbocycles. The van der Waals surface area contributed by atoms with Crippen LogP contribution in [0.15, 0.2) is 49.1 Å². The van der Waals surface area contributed by atoms with Gasteiger partial charge in [0.1, 0.15) is 18.2 Å². The van der Waals surface area contributed by atoms with Crippen LogP contribution in [-0.4, -0.2) is 160 Å². The summed E-state index contributed by atoms with van der Waals surface area (Å²) in [5.41, 5.74) is 0.788. The van der Waals surface area contributed by atoms with Gasteiger partial charge in [0.2, 0.25) is 23.6 Å². The highest BCUT2D eigenvalue weighted by atomic mass is 19.4. The van der Waals surface area contributed by atoms with Crippen molar-refractivity contribution in [3.63, 3.8) is 0 Å². The number of nitrogens with zero attached hydrogens (tertiary/aromatic N) is 8. The van der Waals surface area contributed by atoms with Crippen LogP contribution in [-0.2, 0) is 25.4 Å². The van der Waals surface area contributed by atoms with Crippen LogP contribution in [0, 0.1) is 11.3 Å². The van der Waals surface area contributed by atoms with E-state index >= 15 is 0 Å². The Hall–Kier alpha value is -4.94. The van der Waals surface area contributed by atoms with E-state index in [0.29, 0.717) is 42.9 Å². The summed E-state index contributed by atoms with van der Waals surface area (Å²) >= 11 is 0. The number of benzene rings is 1. The van der Waals surface area contributed by atoms with E-state index in [-0.39, 0.29) is 65.4 Å². The first-order valence-corrected chi connectivity index (χ1v) is 24.9. The number of hydrogen-bond acceptors (Lipinski definition) is 11. The number of piperidine rings is 2. The lowest BCUT2D eigenvalue weighted by atomic mass is 9.71. The van der Waals surface area contributed by atoms with Crippen LogP contribution in [0.4, 0.5) is 19.0 Å². The highest BCUT2D eigenvalue weighted by Crippen LogP contribution is 2.42. The monoisotopic (exact) mass is 946 g/mol. The van der Waals surface area contributed by atoms with Gasteiger partial charge in [0, 0.05) is 62.8 Å². The minimum atomic E-state index is -4.53. The van der Waals surface area contributed by atoms with Gasteiger partial charge < -0.3 is 40.4 Å². The topological polar surface area (TPSA) is 159 Å². The van der Waals surface area contributed by atoms with Crippen molar-refractivity contribution in [3.8, 4) is 0 Å². The molecule has 1 saturated carbocycles. The average Bonchev–Trinajstić information content (AvgIpc) is 3.84. The molecule has 0 radical (unpaired) electrons. The van der Waals surface area contributed by atoms with E-state index in [1.807, 2.05) is 17.0 Å². The van der Waals surface area contributed by atoms with Gasteiger partial charge in [0.05, 0.1) is 35.1 Å². The van der Waals surface area contributed by atoms with Gasteiger partial charge in [-0.3, -0.25) is 24.2 Å². The van der Waals surface area contributed by atoms with Gasteiger partial charge in [0.25, 0.3) is 0 Å². The number of carbonyl (C=O) groups excluding carboxylic acids is 4. The van der Waals surface area contributed by atoms with E-state index in [1.54, 1.807) is 24.3 Å².